The molecule has 20 heavy (non-hydrogen) atoms. The molecular weight excluding hydrogens is 246 g/mol. The summed E-state index contributed by atoms with van der Waals surface area (Å²) >= 11 is 0. The number of benzene rings is 1. The molecule has 0 radical (unpaired) electrons. The first-order valence-corrected chi connectivity index (χ1v) is 7.72. The highest BCUT2D eigenvalue weighted by molar-refractivity contribution is 5.51. The molecule has 0 aliphatic heterocycles. The molecule has 3 nitrogen and oxygen atoms in total. The fraction of sp³-hybridized carbons (Fsp3) is 0.471. The summed E-state index contributed by atoms with van der Waals surface area (Å²) < 4.78 is 1.90. The summed E-state index contributed by atoms with van der Waals surface area (Å²) in [6, 6.07) is 11.1. The minimum atomic E-state index is 0.630. The number of anilines is 1. The maximum atomic E-state index is 4.28. The fourth-order valence-corrected chi connectivity index (χ4v) is 3.11. The number of rotatable bonds is 4. The lowest BCUT2D eigenvalue weighted by molar-refractivity contribution is 0.330. The van der Waals surface area contributed by atoms with Crippen LogP contribution >= 0.6 is 0 Å². The Bertz CT molecular complexity index is 525. The van der Waals surface area contributed by atoms with Crippen molar-refractivity contribution in [1.29, 1.82) is 0 Å². The third-order valence-corrected chi connectivity index (χ3v) is 4.41. The summed E-state index contributed by atoms with van der Waals surface area (Å²) in [6.07, 6.45) is 10.5. The van der Waals surface area contributed by atoms with Crippen LogP contribution in [0.3, 0.4) is 0 Å². The molecule has 106 valence electrons. The van der Waals surface area contributed by atoms with Crippen LogP contribution in [-0.4, -0.2) is 15.8 Å². The van der Waals surface area contributed by atoms with Gasteiger partial charge < -0.3 is 5.32 Å². The molecule has 1 aromatic heterocycles. The van der Waals surface area contributed by atoms with Crippen LogP contribution in [0, 0.1) is 5.92 Å². The van der Waals surface area contributed by atoms with Crippen molar-refractivity contribution < 1.29 is 0 Å². The minimum Gasteiger partial charge on any atom is -0.382 e. The molecule has 0 bridgehead atoms. The van der Waals surface area contributed by atoms with Gasteiger partial charge in [-0.15, -0.1) is 0 Å². The Hall–Kier alpha value is -1.77. The zero-order valence-corrected chi connectivity index (χ0v) is 12.1. The second kappa shape index (κ2) is 6.12. The molecule has 3 rings (SSSR count). The number of aromatic nitrogens is 2. The first-order chi connectivity index (χ1) is 9.85. The normalized spacial score (nSPS) is 22.6. The highest BCUT2D eigenvalue weighted by Crippen LogP contribution is 2.28. The third kappa shape index (κ3) is 3.03. The second-order valence-corrected chi connectivity index (χ2v) is 5.77. The van der Waals surface area contributed by atoms with Gasteiger partial charge in [-0.1, -0.05) is 19.4 Å². The number of hydrogen-bond acceptors (Lipinski definition) is 2. The number of nitrogens with one attached hydrogen (secondary N) is 1. The van der Waals surface area contributed by atoms with Crippen molar-refractivity contribution in [1.82, 2.24) is 9.78 Å². The molecule has 0 amide bonds. The van der Waals surface area contributed by atoms with Crippen LogP contribution in [0.1, 0.15) is 39.0 Å². The summed E-state index contributed by atoms with van der Waals surface area (Å²) in [5.41, 5.74) is 2.32. The molecule has 1 aliphatic rings. The van der Waals surface area contributed by atoms with E-state index in [1.807, 2.05) is 23.1 Å². The topological polar surface area (TPSA) is 29.9 Å². The van der Waals surface area contributed by atoms with E-state index in [0.717, 1.165) is 11.6 Å². The molecule has 2 aromatic rings. The molecule has 3 heteroatoms. The Morgan fingerprint density at radius 2 is 2.05 bits per heavy atom. The van der Waals surface area contributed by atoms with E-state index < -0.39 is 0 Å². The van der Waals surface area contributed by atoms with Crippen molar-refractivity contribution in [3.63, 3.8) is 0 Å². The van der Waals surface area contributed by atoms with E-state index in [2.05, 4.69) is 41.6 Å². The van der Waals surface area contributed by atoms with Crippen molar-refractivity contribution in [3.8, 4) is 5.69 Å². The molecule has 0 spiro atoms. The molecule has 0 atom stereocenters. The van der Waals surface area contributed by atoms with Crippen molar-refractivity contribution >= 4 is 5.69 Å². The molecular formula is C17H23N3. The minimum absolute atomic E-state index is 0.630. The largest absolute Gasteiger partial charge is 0.382 e. The molecule has 0 saturated heterocycles. The number of nitrogens with zero attached hydrogens (tertiary/aromatic N) is 2. The molecule has 1 aliphatic carbocycles. The summed E-state index contributed by atoms with van der Waals surface area (Å²) in [6.45, 7) is 2.31. The Balaban J connectivity index is 1.65. The van der Waals surface area contributed by atoms with Crippen molar-refractivity contribution in [2.45, 2.75) is 45.1 Å². The van der Waals surface area contributed by atoms with Crippen LogP contribution in [0.15, 0.2) is 42.7 Å². The lowest BCUT2D eigenvalue weighted by Gasteiger charge is -2.29. The maximum Gasteiger partial charge on any atom is 0.0666 e. The Kier molecular flexibility index (Phi) is 4.05. The predicted molar refractivity (Wildman–Crippen MR) is 83.2 cm³/mol. The van der Waals surface area contributed by atoms with E-state index in [-0.39, 0.29) is 0 Å². The van der Waals surface area contributed by atoms with Crippen molar-refractivity contribution in [2.24, 2.45) is 5.92 Å². The van der Waals surface area contributed by atoms with E-state index >= 15 is 0 Å². The van der Waals surface area contributed by atoms with Gasteiger partial charge in [-0.05, 0) is 55.9 Å². The van der Waals surface area contributed by atoms with E-state index in [1.54, 1.807) is 0 Å². The van der Waals surface area contributed by atoms with Gasteiger partial charge in [0, 0.05) is 24.1 Å². The van der Waals surface area contributed by atoms with Gasteiger partial charge >= 0.3 is 0 Å². The Morgan fingerprint density at radius 3 is 2.75 bits per heavy atom. The fourth-order valence-electron chi connectivity index (χ4n) is 3.11. The summed E-state index contributed by atoms with van der Waals surface area (Å²) in [5, 5.41) is 7.97. The van der Waals surface area contributed by atoms with Gasteiger partial charge in [0.2, 0.25) is 0 Å². The van der Waals surface area contributed by atoms with Crippen LogP contribution in [0.25, 0.3) is 5.69 Å². The standard InChI is InChI=1S/C17H23N3/c1-2-14-7-9-15(10-8-14)19-16-5-3-6-17(13-16)20-12-4-11-18-20/h3-6,11-15,19H,2,7-10H2,1H3. The van der Waals surface area contributed by atoms with Crippen LogP contribution < -0.4 is 5.32 Å². The Morgan fingerprint density at radius 1 is 1.20 bits per heavy atom. The summed E-state index contributed by atoms with van der Waals surface area (Å²) in [5.74, 6) is 0.948. The van der Waals surface area contributed by atoms with Gasteiger partial charge in [-0.25, -0.2) is 4.68 Å². The average molecular weight is 269 g/mol. The molecule has 1 heterocycles. The monoisotopic (exact) mass is 269 g/mol. The highest BCUT2D eigenvalue weighted by atomic mass is 15.3. The third-order valence-electron chi connectivity index (χ3n) is 4.41. The molecule has 1 aromatic carbocycles. The van der Waals surface area contributed by atoms with Crippen molar-refractivity contribution in [3.05, 3.63) is 42.7 Å². The van der Waals surface area contributed by atoms with E-state index in [1.165, 1.54) is 37.8 Å². The quantitative estimate of drug-likeness (QED) is 0.899. The molecule has 1 fully saturated rings. The first kappa shape index (κ1) is 13.2. The maximum absolute atomic E-state index is 4.28. The highest BCUT2D eigenvalue weighted by Gasteiger charge is 2.19. The summed E-state index contributed by atoms with van der Waals surface area (Å²) in [7, 11) is 0. The zero-order chi connectivity index (χ0) is 13.8. The second-order valence-electron chi connectivity index (χ2n) is 5.77. The zero-order valence-electron chi connectivity index (χ0n) is 12.1. The van der Waals surface area contributed by atoms with Crippen LogP contribution in [-0.2, 0) is 0 Å². The molecule has 1 saturated carbocycles. The summed E-state index contributed by atoms with van der Waals surface area (Å²) in [4.78, 5) is 0. The van der Waals surface area contributed by atoms with E-state index in [4.69, 9.17) is 0 Å². The van der Waals surface area contributed by atoms with Gasteiger partial charge in [0.25, 0.3) is 0 Å². The lowest BCUT2D eigenvalue weighted by Crippen LogP contribution is -2.25. The van der Waals surface area contributed by atoms with Gasteiger partial charge in [0.15, 0.2) is 0 Å². The van der Waals surface area contributed by atoms with E-state index in [9.17, 15) is 0 Å². The smallest absolute Gasteiger partial charge is 0.0666 e. The van der Waals surface area contributed by atoms with Crippen molar-refractivity contribution in [2.75, 3.05) is 5.32 Å². The predicted octanol–water partition coefficient (Wildman–Crippen LogP) is 4.25. The van der Waals surface area contributed by atoms with Crippen LogP contribution in [0.2, 0.25) is 0 Å². The van der Waals surface area contributed by atoms with Gasteiger partial charge in [-0.3, -0.25) is 0 Å². The SMILES string of the molecule is CCC1CCC(Nc2cccc(-n3cccn3)c2)CC1. The average Bonchev–Trinajstić information content (AvgIpc) is 3.03. The van der Waals surface area contributed by atoms with E-state index in [0.29, 0.717) is 6.04 Å². The Labute approximate surface area is 121 Å². The molecule has 1 N–H and O–H groups in total. The van der Waals surface area contributed by atoms with Crippen LogP contribution in [0.5, 0.6) is 0 Å². The van der Waals surface area contributed by atoms with Gasteiger partial charge in [0.1, 0.15) is 0 Å². The van der Waals surface area contributed by atoms with Gasteiger partial charge in [0.05, 0.1) is 5.69 Å². The molecule has 0 unspecified atom stereocenters. The van der Waals surface area contributed by atoms with Gasteiger partial charge in [-0.2, -0.15) is 5.10 Å². The van der Waals surface area contributed by atoms with Crippen LogP contribution in [0.4, 0.5) is 5.69 Å². The first-order valence-electron chi connectivity index (χ1n) is 7.72. The lowest BCUT2D eigenvalue weighted by atomic mass is 9.84. The number of hydrogen-bond donors (Lipinski definition) is 1.